The van der Waals surface area contributed by atoms with Crippen LogP contribution in [0, 0.1) is 20.8 Å². The first kappa shape index (κ1) is 21.1. The van der Waals surface area contributed by atoms with Crippen molar-refractivity contribution in [2.45, 2.75) is 20.8 Å². The van der Waals surface area contributed by atoms with Gasteiger partial charge < -0.3 is 20.0 Å². The Kier molecular flexibility index (Phi) is 4.97. The van der Waals surface area contributed by atoms with E-state index in [9.17, 15) is 9.59 Å². The lowest BCUT2D eigenvalue weighted by Crippen LogP contribution is -2.13. The molecule has 4 aromatic heterocycles. The number of nitrogens with one attached hydrogen (secondary N) is 1. The molecule has 4 heterocycles. The van der Waals surface area contributed by atoms with E-state index in [0.717, 1.165) is 11.3 Å². The number of pyridine rings is 1. The maximum Gasteiger partial charge on any atom is 0.269 e. The predicted octanol–water partition coefficient (Wildman–Crippen LogP) is 3.94. The fourth-order valence-corrected chi connectivity index (χ4v) is 3.79. The van der Waals surface area contributed by atoms with Gasteiger partial charge >= 0.3 is 0 Å². The van der Waals surface area contributed by atoms with E-state index in [1.807, 2.05) is 19.9 Å². The van der Waals surface area contributed by atoms with Gasteiger partial charge in [-0.2, -0.15) is 5.10 Å². The number of anilines is 1. The van der Waals surface area contributed by atoms with Crippen LogP contribution in [0.1, 0.15) is 38.1 Å². The number of nitrogens with two attached hydrogens (primary N) is 1. The Balaban J connectivity index is 1.46. The number of hydrogen-bond donors (Lipinski definition) is 2. The number of hydrogen-bond acceptors (Lipinski definition) is 7. The van der Waals surface area contributed by atoms with E-state index in [-0.39, 0.29) is 17.3 Å². The summed E-state index contributed by atoms with van der Waals surface area (Å²) < 4.78 is 12.5. The number of amides is 2. The molecule has 170 valence electrons. The number of rotatable bonds is 5. The van der Waals surface area contributed by atoms with E-state index < -0.39 is 5.91 Å². The van der Waals surface area contributed by atoms with Crippen LogP contribution in [0.3, 0.4) is 0 Å². The third-order valence-electron chi connectivity index (χ3n) is 5.41. The van der Waals surface area contributed by atoms with Crippen molar-refractivity contribution in [3.05, 3.63) is 77.1 Å². The summed E-state index contributed by atoms with van der Waals surface area (Å²) in [6.07, 6.45) is 1.64. The Morgan fingerprint density at radius 2 is 1.82 bits per heavy atom. The number of carbonyl (C=O) groups excluding carboxylic acids is 2. The second kappa shape index (κ2) is 8.00. The van der Waals surface area contributed by atoms with Gasteiger partial charge in [0.1, 0.15) is 17.2 Å². The van der Waals surface area contributed by atoms with Gasteiger partial charge in [-0.15, -0.1) is 0 Å². The minimum Gasteiger partial charge on any atom is -0.466 e. The molecule has 3 N–H and O–H groups in total. The van der Waals surface area contributed by atoms with Gasteiger partial charge in [0, 0.05) is 17.4 Å². The summed E-state index contributed by atoms with van der Waals surface area (Å²) in [5.41, 5.74) is 9.28. The molecule has 0 fully saturated rings. The minimum absolute atomic E-state index is 0.169. The van der Waals surface area contributed by atoms with Crippen LogP contribution in [0.2, 0.25) is 0 Å². The first-order valence-corrected chi connectivity index (χ1v) is 10.4. The van der Waals surface area contributed by atoms with Crippen LogP contribution in [0.4, 0.5) is 5.69 Å². The second-order valence-corrected chi connectivity index (χ2v) is 7.84. The van der Waals surface area contributed by atoms with Gasteiger partial charge in [-0.25, -0.2) is 9.67 Å². The molecule has 0 unspecified atom stereocenters. The Bertz CT molecular complexity index is 1560. The fourth-order valence-electron chi connectivity index (χ4n) is 3.79. The topological polar surface area (TPSA) is 142 Å². The van der Waals surface area contributed by atoms with Crippen LogP contribution in [0.25, 0.3) is 28.0 Å². The lowest BCUT2D eigenvalue weighted by Gasteiger charge is -2.09. The Morgan fingerprint density at radius 3 is 2.47 bits per heavy atom. The summed E-state index contributed by atoms with van der Waals surface area (Å²) in [5.74, 6) is 0.506. The fraction of sp³-hybridized carbons (Fsp3) is 0.125. The minimum atomic E-state index is -0.601. The average Bonchev–Trinajstić information content (AvgIpc) is 3.53. The summed E-state index contributed by atoms with van der Waals surface area (Å²) in [7, 11) is 0. The van der Waals surface area contributed by atoms with Crippen LogP contribution in [0.5, 0.6) is 0 Å². The molecule has 5 aromatic rings. The number of carbonyl (C=O) groups is 2. The van der Waals surface area contributed by atoms with Crippen LogP contribution in [-0.4, -0.2) is 31.7 Å². The maximum atomic E-state index is 13.3. The van der Waals surface area contributed by atoms with Gasteiger partial charge in [0.15, 0.2) is 0 Å². The van der Waals surface area contributed by atoms with Crippen LogP contribution >= 0.6 is 0 Å². The molecule has 5 rings (SSSR count). The molecule has 0 bridgehead atoms. The molecule has 0 saturated heterocycles. The molecule has 0 radical (unpaired) electrons. The molecular weight excluding hydrogens is 436 g/mol. The molecule has 10 nitrogen and oxygen atoms in total. The predicted molar refractivity (Wildman–Crippen MR) is 124 cm³/mol. The number of furan rings is 1. The van der Waals surface area contributed by atoms with Crippen molar-refractivity contribution < 1.29 is 18.5 Å². The van der Waals surface area contributed by atoms with Gasteiger partial charge in [-0.1, -0.05) is 5.16 Å². The molecule has 2 amide bonds. The monoisotopic (exact) mass is 456 g/mol. The molecule has 0 saturated carbocycles. The first-order valence-electron chi connectivity index (χ1n) is 10.4. The number of aromatic nitrogens is 4. The van der Waals surface area contributed by atoms with Crippen molar-refractivity contribution in [1.29, 1.82) is 0 Å². The molecule has 0 aliphatic heterocycles. The normalized spacial score (nSPS) is 11.1. The van der Waals surface area contributed by atoms with Gasteiger partial charge in [-0.05, 0) is 63.2 Å². The zero-order chi connectivity index (χ0) is 24.0. The maximum absolute atomic E-state index is 13.3. The van der Waals surface area contributed by atoms with Crippen molar-refractivity contribution in [2.75, 3.05) is 5.32 Å². The summed E-state index contributed by atoms with van der Waals surface area (Å²) >= 11 is 0. The molecule has 0 spiro atoms. The largest absolute Gasteiger partial charge is 0.466 e. The Labute approximate surface area is 193 Å². The summed E-state index contributed by atoms with van der Waals surface area (Å²) in [6, 6.07) is 12.1. The van der Waals surface area contributed by atoms with Gasteiger partial charge in [0.25, 0.3) is 17.5 Å². The molecule has 0 atom stereocenters. The van der Waals surface area contributed by atoms with E-state index in [1.54, 1.807) is 43.5 Å². The quantitative estimate of drug-likeness (QED) is 0.408. The number of benzene rings is 1. The van der Waals surface area contributed by atoms with Crippen LogP contribution < -0.4 is 11.1 Å². The zero-order valence-corrected chi connectivity index (χ0v) is 18.6. The van der Waals surface area contributed by atoms with E-state index in [2.05, 4.69) is 20.6 Å². The van der Waals surface area contributed by atoms with Crippen molar-refractivity contribution in [1.82, 2.24) is 19.9 Å². The summed E-state index contributed by atoms with van der Waals surface area (Å²) in [5, 5.41) is 11.6. The highest BCUT2D eigenvalue weighted by molar-refractivity contribution is 6.13. The number of aryl methyl sites for hydroxylation is 3. The van der Waals surface area contributed by atoms with Crippen LogP contribution in [-0.2, 0) is 0 Å². The lowest BCUT2D eigenvalue weighted by atomic mass is 10.1. The summed E-state index contributed by atoms with van der Waals surface area (Å²) in [6.45, 7) is 5.45. The standard InChI is InChI=1S/C24H20N6O4/c1-12-10-17(14(3)33-12)20-11-18(21-13(2)29-34-24(21)27-20)23(32)26-15-4-6-16(7-5-15)30-9-8-19(28-30)22(25)31/h4-11H,1-3H3,(H2,25,31)(H,26,32). The van der Waals surface area contributed by atoms with Crippen molar-refractivity contribution in [3.8, 4) is 16.9 Å². The highest BCUT2D eigenvalue weighted by atomic mass is 16.5. The molecule has 34 heavy (non-hydrogen) atoms. The third kappa shape index (κ3) is 3.71. The third-order valence-corrected chi connectivity index (χ3v) is 5.41. The molecule has 0 aliphatic rings. The number of nitrogens with zero attached hydrogens (tertiary/aromatic N) is 4. The van der Waals surface area contributed by atoms with Gasteiger partial charge in [0.2, 0.25) is 0 Å². The number of fused-ring (bicyclic) bond motifs is 1. The molecule has 0 aliphatic carbocycles. The average molecular weight is 456 g/mol. The van der Waals surface area contributed by atoms with Crippen molar-refractivity contribution >= 4 is 28.6 Å². The molecule has 1 aromatic carbocycles. The molecule has 10 heteroatoms. The van der Waals surface area contributed by atoms with Crippen molar-refractivity contribution in [3.63, 3.8) is 0 Å². The van der Waals surface area contributed by atoms with E-state index in [1.165, 1.54) is 10.7 Å². The zero-order valence-electron chi connectivity index (χ0n) is 18.6. The Morgan fingerprint density at radius 1 is 1.06 bits per heavy atom. The van der Waals surface area contributed by atoms with E-state index in [0.29, 0.717) is 39.5 Å². The number of primary amides is 1. The first-order chi connectivity index (χ1) is 16.3. The van der Waals surface area contributed by atoms with Gasteiger partial charge in [0.05, 0.1) is 28.0 Å². The van der Waals surface area contributed by atoms with Crippen molar-refractivity contribution in [2.24, 2.45) is 5.73 Å². The van der Waals surface area contributed by atoms with E-state index >= 15 is 0 Å². The SMILES string of the molecule is Cc1cc(-c2cc(C(=O)Nc3ccc(-n4ccc(C(N)=O)n4)cc3)c3c(C)noc3n2)c(C)o1. The lowest BCUT2D eigenvalue weighted by molar-refractivity contribution is 0.0993. The Hall–Kier alpha value is -4.73. The van der Waals surface area contributed by atoms with Crippen LogP contribution in [0.15, 0.2) is 57.6 Å². The smallest absolute Gasteiger partial charge is 0.269 e. The second-order valence-electron chi connectivity index (χ2n) is 7.84. The molecular formula is C24H20N6O4. The highest BCUT2D eigenvalue weighted by Crippen LogP contribution is 2.31. The van der Waals surface area contributed by atoms with Gasteiger partial charge in [-0.3, -0.25) is 9.59 Å². The van der Waals surface area contributed by atoms with E-state index in [4.69, 9.17) is 14.7 Å². The highest BCUT2D eigenvalue weighted by Gasteiger charge is 2.21. The summed E-state index contributed by atoms with van der Waals surface area (Å²) in [4.78, 5) is 29.1.